The Morgan fingerprint density at radius 1 is 0.535 bits per heavy atom. The Kier molecular flexibility index (Phi) is 4.54. The molecule has 1 nitrogen and oxygen atoms in total. The van der Waals surface area contributed by atoms with Crippen LogP contribution < -0.4 is 0 Å². The smallest absolute Gasteiger partial charge is 0.135 e. The Bertz CT molecular complexity index is 2550. The molecule has 0 atom stereocenters. The van der Waals surface area contributed by atoms with Gasteiger partial charge < -0.3 is 4.42 Å². The summed E-state index contributed by atoms with van der Waals surface area (Å²) in [7, 11) is 0. The first-order chi connectivity index (χ1) is 21.3. The molecule has 43 heavy (non-hydrogen) atoms. The van der Waals surface area contributed by atoms with E-state index in [0.29, 0.717) is 0 Å². The Labute approximate surface area is 249 Å². The highest BCUT2D eigenvalue weighted by Crippen LogP contribution is 2.48. The third-order valence-corrected chi connectivity index (χ3v) is 9.56. The molecule has 1 heterocycles. The molecule has 198 valence electrons. The third kappa shape index (κ3) is 3.18. The van der Waals surface area contributed by atoms with Crippen LogP contribution in [0.2, 0.25) is 0 Å². The van der Waals surface area contributed by atoms with Gasteiger partial charge in [-0.3, -0.25) is 0 Å². The van der Waals surface area contributed by atoms with Crippen molar-refractivity contribution in [3.63, 3.8) is 0 Å². The van der Waals surface area contributed by atoms with Crippen LogP contribution in [-0.4, -0.2) is 0 Å². The van der Waals surface area contributed by atoms with E-state index in [-0.39, 0.29) is 0 Å². The molecule has 1 aromatic heterocycles. The number of hydrogen-bond acceptors (Lipinski definition) is 1. The lowest BCUT2D eigenvalue weighted by atomic mass is 9.92. The van der Waals surface area contributed by atoms with Crippen LogP contribution in [0.15, 0.2) is 126 Å². The van der Waals surface area contributed by atoms with Crippen LogP contribution >= 0.6 is 0 Å². The van der Waals surface area contributed by atoms with Gasteiger partial charge in [0.2, 0.25) is 0 Å². The summed E-state index contributed by atoms with van der Waals surface area (Å²) in [5.74, 6) is 0. The molecular weight excluding hydrogens is 520 g/mol. The topological polar surface area (TPSA) is 13.1 Å². The van der Waals surface area contributed by atoms with E-state index in [9.17, 15) is 0 Å². The van der Waals surface area contributed by atoms with Crippen LogP contribution in [0.5, 0.6) is 0 Å². The van der Waals surface area contributed by atoms with E-state index in [1.54, 1.807) is 0 Å². The molecule has 0 saturated heterocycles. The molecule has 0 spiro atoms. The van der Waals surface area contributed by atoms with E-state index in [2.05, 4.69) is 121 Å². The number of rotatable bonds is 2. The molecule has 0 amide bonds. The molecule has 0 bridgehead atoms. The van der Waals surface area contributed by atoms with Crippen molar-refractivity contribution in [1.82, 2.24) is 0 Å². The van der Waals surface area contributed by atoms with Crippen molar-refractivity contribution in [2.24, 2.45) is 0 Å². The summed E-state index contributed by atoms with van der Waals surface area (Å²) < 4.78 is 6.37. The molecule has 1 heteroatoms. The van der Waals surface area contributed by atoms with Gasteiger partial charge in [-0.1, -0.05) is 91.0 Å². The van der Waals surface area contributed by atoms with Crippen molar-refractivity contribution in [2.75, 3.05) is 0 Å². The molecule has 0 N–H and O–H groups in total. The first kappa shape index (κ1) is 23.0. The summed E-state index contributed by atoms with van der Waals surface area (Å²) in [4.78, 5) is 0. The molecular formula is C42H24O. The summed E-state index contributed by atoms with van der Waals surface area (Å²) in [6.07, 6.45) is 6.88. The summed E-state index contributed by atoms with van der Waals surface area (Å²) in [6.45, 7) is 0. The second kappa shape index (κ2) is 8.48. The van der Waals surface area contributed by atoms with Gasteiger partial charge >= 0.3 is 0 Å². The van der Waals surface area contributed by atoms with Gasteiger partial charge in [-0.05, 0) is 132 Å². The predicted octanol–water partition coefficient (Wildman–Crippen LogP) is 11.6. The average Bonchev–Trinajstić information content (AvgIpc) is 3.60. The number of furan rings is 1. The highest BCUT2D eigenvalue weighted by Gasteiger charge is 2.25. The molecule has 0 saturated carbocycles. The molecule has 10 rings (SSSR count). The fourth-order valence-corrected chi connectivity index (χ4v) is 7.61. The average molecular weight is 545 g/mol. The minimum absolute atomic E-state index is 0.910. The zero-order chi connectivity index (χ0) is 28.1. The molecule has 2 aliphatic carbocycles. The minimum atomic E-state index is 0.910. The standard InChI is InChI=1S/C42H24O/c1-2-9-28-25(8-1)22-37(33-13-6-3-10-30(28)33)27-17-21-41-39(24-27)38-23-26(16-20-40(38)43-41)29-18-19-36-32-12-5-4-11-31(32)35-15-7-14-34(29)42(35)36/h3,5-10,12-24H,4,11H2. The van der Waals surface area contributed by atoms with Crippen LogP contribution in [0, 0.1) is 12.1 Å². The zero-order valence-electron chi connectivity index (χ0n) is 23.4. The van der Waals surface area contributed by atoms with Crippen molar-refractivity contribution in [1.29, 1.82) is 0 Å². The van der Waals surface area contributed by atoms with Crippen LogP contribution in [0.1, 0.15) is 24.0 Å². The normalized spacial score (nSPS) is 14.0. The highest BCUT2D eigenvalue weighted by atomic mass is 16.3. The quantitative estimate of drug-likeness (QED) is 0.211. The molecule has 0 fully saturated rings. The Morgan fingerprint density at radius 3 is 2.14 bits per heavy atom. The zero-order valence-corrected chi connectivity index (χ0v) is 23.4. The van der Waals surface area contributed by atoms with E-state index in [1.807, 2.05) is 12.1 Å². The second-order valence-corrected chi connectivity index (χ2v) is 11.8. The van der Waals surface area contributed by atoms with Crippen molar-refractivity contribution in [3.8, 4) is 22.3 Å². The largest absolute Gasteiger partial charge is 0.456 e. The van der Waals surface area contributed by atoms with Gasteiger partial charge in [-0.25, -0.2) is 0 Å². The first-order valence-electron chi connectivity index (χ1n) is 15.0. The van der Waals surface area contributed by atoms with Gasteiger partial charge in [0.25, 0.3) is 0 Å². The van der Waals surface area contributed by atoms with Crippen LogP contribution in [0.25, 0.3) is 87.7 Å². The number of hydrogen-bond donors (Lipinski definition) is 0. The fraction of sp³-hybridized carbons (Fsp3) is 0.0476. The Hall–Kier alpha value is -5.58. The minimum Gasteiger partial charge on any atom is -0.456 e. The van der Waals surface area contributed by atoms with E-state index >= 15 is 0 Å². The maximum Gasteiger partial charge on any atom is 0.135 e. The molecule has 7 aromatic carbocycles. The lowest BCUT2D eigenvalue weighted by molar-refractivity contribution is 0.669. The summed E-state index contributed by atoms with van der Waals surface area (Å²) in [6, 6.07) is 46.0. The van der Waals surface area contributed by atoms with Gasteiger partial charge in [-0.2, -0.15) is 0 Å². The summed E-state index contributed by atoms with van der Waals surface area (Å²) >= 11 is 0. The molecule has 0 aliphatic heterocycles. The molecule has 8 aromatic rings. The van der Waals surface area contributed by atoms with Crippen molar-refractivity contribution >= 4 is 65.4 Å². The fourth-order valence-electron chi connectivity index (χ4n) is 7.61. The highest BCUT2D eigenvalue weighted by molar-refractivity contribution is 6.20. The number of benzene rings is 6. The Balaban J connectivity index is 1.18. The van der Waals surface area contributed by atoms with Crippen molar-refractivity contribution in [3.05, 3.63) is 145 Å². The molecule has 0 unspecified atom stereocenters. The monoisotopic (exact) mass is 544 g/mol. The Morgan fingerprint density at radius 2 is 1.28 bits per heavy atom. The maximum atomic E-state index is 6.37. The predicted molar refractivity (Wildman–Crippen MR) is 180 cm³/mol. The van der Waals surface area contributed by atoms with Crippen molar-refractivity contribution < 1.29 is 4.42 Å². The van der Waals surface area contributed by atoms with Gasteiger partial charge in [-0.15, -0.1) is 0 Å². The number of allylic oxidation sites excluding steroid dienone is 4. The lowest BCUT2D eigenvalue weighted by Crippen LogP contribution is -1.86. The van der Waals surface area contributed by atoms with E-state index in [4.69, 9.17) is 4.42 Å². The van der Waals surface area contributed by atoms with Gasteiger partial charge in [0.05, 0.1) is 0 Å². The van der Waals surface area contributed by atoms with E-state index in [0.717, 1.165) is 34.8 Å². The van der Waals surface area contributed by atoms with Crippen molar-refractivity contribution in [2.45, 2.75) is 12.8 Å². The van der Waals surface area contributed by atoms with E-state index < -0.39 is 0 Å². The SMILES string of the molecule is c1cc2cc(-c3ccc4oc5ccc(-c6ccc7c8c(cccc68)C6=C7C=CCC6)cc5c4c3)c3ccccc3c2cc#1. The van der Waals surface area contributed by atoms with Gasteiger partial charge in [0.15, 0.2) is 0 Å². The lowest BCUT2D eigenvalue weighted by Gasteiger charge is -2.11. The molecule has 2 aliphatic rings. The van der Waals surface area contributed by atoms with E-state index in [1.165, 1.54) is 76.8 Å². The van der Waals surface area contributed by atoms with Gasteiger partial charge in [0, 0.05) is 10.8 Å². The van der Waals surface area contributed by atoms with Gasteiger partial charge in [0.1, 0.15) is 11.2 Å². The molecule has 0 radical (unpaired) electrons. The second-order valence-electron chi connectivity index (χ2n) is 11.8. The maximum absolute atomic E-state index is 6.37. The van der Waals surface area contributed by atoms with Crippen LogP contribution in [0.4, 0.5) is 0 Å². The third-order valence-electron chi connectivity index (χ3n) is 9.56. The first-order valence-corrected chi connectivity index (χ1v) is 15.0. The summed E-state index contributed by atoms with van der Waals surface area (Å²) in [5.41, 5.74) is 12.4. The summed E-state index contributed by atoms with van der Waals surface area (Å²) in [5, 5.41) is 9.85. The van der Waals surface area contributed by atoms with Crippen LogP contribution in [0.3, 0.4) is 0 Å². The van der Waals surface area contributed by atoms with Crippen LogP contribution in [-0.2, 0) is 0 Å². The number of fused-ring (bicyclic) bond motifs is 8.